The number of nitrogens with one attached hydrogen (secondary N) is 1. The second kappa shape index (κ2) is 5.86. The van der Waals surface area contributed by atoms with E-state index in [0.29, 0.717) is 22.6 Å². The van der Waals surface area contributed by atoms with Crippen LogP contribution in [0.4, 0.5) is 0 Å². The molecule has 2 unspecified atom stereocenters. The van der Waals surface area contributed by atoms with Crippen LogP contribution in [0.2, 0.25) is 18.1 Å². The van der Waals surface area contributed by atoms with Crippen LogP contribution in [0.25, 0.3) is 0 Å². The molecule has 1 saturated carbocycles. The molecule has 19 heavy (non-hydrogen) atoms. The van der Waals surface area contributed by atoms with Gasteiger partial charge >= 0.3 is 0 Å². The van der Waals surface area contributed by atoms with Crippen LogP contribution in [0, 0.1) is 5.41 Å². The van der Waals surface area contributed by atoms with Crippen molar-refractivity contribution in [3.63, 3.8) is 0 Å². The zero-order valence-electron chi connectivity index (χ0n) is 14.4. The molecule has 1 N–H and O–H groups in total. The summed E-state index contributed by atoms with van der Waals surface area (Å²) >= 11 is 0. The van der Waals surface area contributed by atoms with E-state index in [-0.39, 0.29) is 0 Å². The van der Waals surface area contributed by atoms with Crippen molar-refractivity contribution < 1.29 is 4.43 Å². The van der Waals surface area contributed by atoms with E-state index >= 15 is 0 Å². The Bertz CT molecular complexity index is 294. The predicted octanol–water partition coefficient (Wildman–Crippen LogP) is 4.57. The molecule has 114 valence electrons. The van der Waals surface area contributed by atoms with E-state index in [1.807, 2.05) is 0 Å². The molecule has 0 aromatic rings. The topological polar surface area (TPSA) is 21.3 Å². The van der Waals surface area contributed by atoms with Gasteiger partial charge in [-0.05, 0) is 49.4 Å². The van der Waals surface area contributed by atoms with Gasteiger partial charge in [0.1, 0.15) is 0 Å². The molecule has 2 nitrogen and oxygen atoms in total. The Balaban J connectivity index is 2.68. The lowest BCUT2D eigenvalue weighted by atomic mass is 9.72. The van der Waals surface area contributed by atoms with E-state index in [9.17, 15) is 0 Å². The molecular weight excluding hydrogens is 250 g/mol. The minimum absolute atomic E-state index is 0.313. The van der Waals surface area contributed by atoms with E-state index < -0.39 is 8.32 Å². The van der Waals surface area contributed by atoms with Crippen LogP contribution in [0.5, 0.6) is 0 Å². The second-order valence-corrected chi connectivity index (χ2v) is 13.1. The highest BCUT2D eigenvalue weighted by atomic mass is 28.4. The Hall–Kier alpha value is 0.137. The monoisotopic (exact) mass is 285 g/mol. The van der Waals surface area contributed by atoms with E-state index in [4.69, 9.17) is 4.43 Å². The third-order valence-electron chi connectivity index (χ3n) is 5.27. The summed E-state index contributed by atoms with van der Waals surface area (Å²) in [5.41, 5.74) is 0.406. The molecule has 0 amide bonds. The van der Waals surface area contributed by atoms with E-state index in [2.05, 4.69) is 60.0 Å². The third kappa shape index (κ3) is 4.30. The maximum atomic E-state index is 6.61. The third-order valence-corrected chi connectivity index (χ3v) is 9.81. The summed E-state index contributed by atoms with van der Waals surface area (Å²) in [6.45, 7) is 19.8. The largest absolute Gasteiger partial charge is 0.414 e. The maximum absolute atomic E-state index is 6.61. The minimum atomic E-state index is -1.62. The highest BCUT2D eigenvalue weighted by molar-refractivity contribution is 6.74. The fraction of sp³-hybridized carbons (Fsp3) is 1.00. The van der Waals surface area contributed by atoms with Crippen molar-refractivity contribution >= 4 is 8.32 Å². The molecular formula is C16H35NOSi. The standard InChI is InChI=1S/C16H35NOSi/c1-9-17-14-12-13(10-11-16(14,5)6)18-19(7,8)15(2,3)4/h13-14,17H,9-12H2,1-8H3. The van der Waals surface area contributed by atoms with Gasteiger partial charge in [0.05, 0.1) is 0 Å². The lowest BCUT2D eigenvalue weighted by molar-refractivity contribution is 0.0562. The van der Waals surface area contributed by atoms with Crippen LogP contribution in [0.1, 0.15) is 60.8 Å². The quantitative estimate of drug-likeness (QED) is 0.764. The molecule has 0 bridgehead atoms. The van der Waals surface area contributed by atoms with Gasteiger partial charge in [0.25, 0.3) is 0 Å². The summed E-state index contributed by atoms with van der Waals surface area (Å²) in [5, 5.41) is 3.98. The molecule has 2 atom stereocenters. The predicted molar refractivity (Wildman–Crippen MR) is 87.2 cm³/mol. The summed E-state index contributed by atoms with van der Waals surface area (Å²) in [6, 6.07) is 0.598. The van der Waals surface area contributed by atoms with Crippen molar-refractivity contribution in [2.45, 2.75) is 91.1 Å². The minimum Gasteiger partial charge on any atom is -0.414 e. The number of hydrogen-bond donors (Lipinski definition) is 1. The summed E-state index contributed by atoms with van der Waals surface area (Å²) in [7, 11) is -1.62. The smallest absolute Gasteiger partial charge is 0.192 e. The van der Waals surface area contributed by atoms with Gasteiger partial charge in [-0.1, -0.05) is 41.5 Å². The Labute approximate surface area is 121 Å². The van der Waals surface area contributed by atoms with Crippen LogP contribution in [-0.4, -0.2) is 27.0 Å². The number of hydrogen-bond acceptors (Lipinski definition) is 2. The van der Waals surface area contributed by atoms with E-state index in [1.165, 1.54) is 19.3 Å². The van der Waals surface area contributed by atoms with E-state index in [0.717, 1.165) is 6.54 Å². The van der Waals surface area contributed by atoms with Gasteiger partial charge < -0.3 is 9.74 Å². The lowest BCUT2D eigenvalue weighted by Crippen LogP contribution is -2.51. The molecule has 0 spiro atoms. The second-order valence-electron chi connectivity index (χ2n) is 8.37. The molecule has 1 fully saturated rings. The van der Waals surface area contributed by atoms with Crippen molar-refractivity contribution in [1.82, 2.24) is 5.32 Å². The molecule has 1 aliphatic rings. The number of rotatable bonds is 4. The Kier molecular flexibility index (Phi) is 5.31. The molecule has 3 heteroatoms. The Morgan fingerprint density at radius 3 is 2.32 bits per heavy atom. The summed E-state index contributed by atoms with van der Waals surface area (Å²) in [4.78, 5) is 0. The van der Waals surface area contributed by atoms with Crippen LogP contribution >= 0.6 is 0 Å². The molecule has 1 rings (SSSR count). The first kappa shape index (κ1) is 17.2. The fourth-order valence-electron chi connectivity index (χ4n) is 2.71. The highest BCUT2D eigenvalue weighted by Gasteiger charge is 2.42. The first-order valence-corrected chi connectivity index (χ1v) is 10.8. The lowest BCUT2D eigenvalue weighted by Gasteiger charge is -2.46. The molecule has 0 aliphatic heterocycles. The Morgan fingerprint density at radius 1 is 1.26 bits per heavy atom. The van der Waals surface area contributed by atoms with Crippen molar-refractivity contribution in [3.05, 3.63) is 0 Å². The van der Waals surface area contributed by atoms with Crippen LogP contribution in [-0.2, 0) is 4.43 Å². The summed E-state index contributed by atoms with van der Waals surface area (Å²) in [5.74, 6) is 0. The highest BCUT2D eigenvalue weighted by Crippen LogP contribution is 2.42. The fourth-order valence-corrected chi connectivity index (χ4v) is 4.11. The van der Waals surface area contributed by atoms with Crippen molar-refractivity contribution in [2.24, 2.45) is 5.41 Å². The maximum Gasteiger partial charge on any atom is 0.192 e. The zero-order chi connectivity index (χ0) is 14.9. The van der Waals surface area contributed by atoms with Gasteiger partial charge in [-0.3, -0.25) is 0 Å². The van der Waals surface area contributed by atoms with Crippen LogP contribution in [0.3, 0.4) is 0 Å². The Morgan fingerprint density at radius 2 is 1.84 bits per heavy atom. The van der Waals surface area contributed by atoms with Gasteiger partial charge in [0.15, 0.2) is 8.32 Å². The van der Waals surface area contributed by atoms with Crippen molar-refractivity contribution in [2.75, 3.05) is 6.54 Å². The van der Waals surface area contributed by atoms with Crippen molar-refractivity contribution in [3.8, 4) is 0 Å². The van der Waals surface area contributed by atoms with Gasteiger partial charge in [0, 0.05) is 12.1 Å². The average molecular weight is 286 g/mol. The molecule has 0 radical (unpaired) electrons. The zero-order valence-corrected chi connectivity index (χ0v) is 15.4. The average Bonchev–Trinajstić information content (AvgIpc) is 2.21. The van der Waals surface area contributed by atoms with Gasteiger partial charge in [-0.15, -0.1) is 0 Å². The van der Waals surface area contributed by atoms with Gasteiger partial charge in [-0.2, -0.15) is 0 Å². The first-order chi connectivity index (χ1) is 8.49. The first-order valence-electron chi connectivity index (χ1n) is 7.91. The molecule has 0 heterocycles. The summed E-state index contributed by atoms with van der Waals surface area (Å²) in [6.07, 6.45) is 4.12. The molecule has 0 aromatic carbocycles. The van der Waals surface area contributed by atoms with Gasteiger partial charge in [0.2, 0.25) is 0 Å². The van der Waals surface area contributed by atoms with E-state index in [1.54, 1.807) is 0 Å². The van der Waals surface area contributed by atoms with Crippen molar-refractivity contribution in [1.29, 1.82) is 0 Å². The normalized spacial score (nSPS) is 28.4. The molecule has 0 aromatic heterocycles. The van der Waals surface area contributed by atoms with Crippen LogP contribution < -0.4 is 5.32 Å². The SMILES string of the molecule is CCNC1CC(O[Si](C)(C)C(C)(C)C)CCC1(C)C. The molecule has 1 aliphatic carbocycles. The summed E-state index contributed by atoms with van der Waals surface area (Å²) < 4.78 is 6.61. The van der Waals surface area contributed by atoms with Crippen LogP contribution in [0.15, 0.2) is 0 Å². The molecule has 0 saturated heterocycles. The van der Waals surface area contributed by atoms with Gasteiger partial charge in [-0.25, -0.2) is 0 Å².